The quantitative estimate of drug-likeness (QED) is 0.501. The second-order valence-electron chi connectivity index (χ2n) is 4.77. The van der Waals surface area contributed by atoms with Crippen molar-refractivity contribution < 1.29 is 22.7 Å². The fraction of sp³-hybridized carbons (Fsp3) is 0.188. The first kappa shape index (κ1) is 16.8. The van der Waals surface area contributed by atoms with Crippen molar-refractivity contribution in [3.05, 3.63) is 56.7 Å². The number of hydrogen-bond acceptors (Lipinski definition) is 2. The van der Waals surface area contributed by atoms with Gasteiger partial charge in [0.1, 0.15) is 0 Å². The molecule has 2 aromatic rings. The van der Waals surface area contributed by atoms with Crippen LogP contribution in [0.4, 0.5) is 13.2 Å². The molecule has 0 spiro atoms. The molecular weight excluding hydrogens is 408 g/mol. The summed E-state index contributed by atoms with van der Waals surface area (Å²) >= 11 is 1.99. The first-order chi connectivity index (χ1) is 10.2. The van der Waals surface area contributed by atoms with Crippen LogP contribution in [0.3, 0.4) is 0 Å². The number of carbonyl (C=O) groups excluding carboxylic acids is 1. The van der Waals surface area contributed by atoms with Gasteiger partial charge in [-0.15, -0.1) is 0 Å². The molecule has 0 atom stereocenters. The number of esters is 1. The molecule has 0 aromatic heterocycles. The van der Waals surface area contributed by atoms with E-state index < -0.39 is 17.7 Å². The lowest BCUT2D eigenvalue weighted by Crippen LogP contribution is -2.06. The van der Waals surface area contributed by atoms with Crippen molar-refractivity contribution in [2.75, 3.05) is 7.11 Å². The SMILES string of the molecule is COC(=O)c1ccc(-c2cc(C)cc(C(F)(F)F)c2)c(I)c1. The maximum absolute atomic E-state index is 12.9. The molecule has 2 aromatic carbocycles. The van der Waals surface area contributed by atoms with Gasteiger partial charge in [-0.3, -0.25) is 0 Å². The third-order valence-corrected chi connectivity index (χ3v) is 4.00. The van der Waals surface area contributed by atoms with Crippen LogP contribution in [-0.2, 0) is 10.9 Å². The van der Waals surface area contributed by atoms with Crippen LogP contribution in [0.25, 0.3) is 11.1 Å². The van der Waals surface area contributed by atoms with Gasteiger partial charge in [0.05, 0.1) is 18.2 Å². The van der Waals surface area contributed by atoms with Crippen molar-refractivity contribution in [3.8, 4) is 11.1 Å². The van der Waals surface area contributed by atoms with Gasteiger partial charge < -0.3 is 4.74 Å². The summed E-state index contributed by atoms with van der Waals surface area (Å²) in [5.41, 5.74) is 1.31. The van der Waals surface area contributed by atoms with Gasteiger partial charge in [-0.05, 0) is 70.5 Å². The number of ether oxygens (including phenoxy) is 1. The lowest BCUT2D eigenvalue weighted by Gasteiger charge is -2.12. The van der Waals surface area contributed by atoms with Crippen LogP contribution in [0.1, 0.15) is 21.5 Å². The van der Waals surface area contributed by atoms with Crippen molar-refractivity contribution >= 4 is 28.6 Å². The molecule has 0 N–H and O–H groups in total. The summed E-state index contributed by atoms with van der Waals surface area (Å²) in [6, 6.07) is 8.67. The van der Waals surface area contributed by atoms with Crippen LogP contribution >= 0.6 is 22.6 Å². The smallest absolute Gasteiger partial charge is 0.416 e. The van der Waals surface area contributed by atoms with E-state index in [-0.39, 0.29) is 0 Å². The largest absolute Gasteiger partial charge is 0.465 e. The second-order valence-corrected chi connectivity index (χ2v) is 5.93. The van der Waals surface area contributed by atoms with Gasteiger partial charge in [0.15, 0.2) is 0 Å². The molecule has 0 radical (unpaired) electrons. The molecule has 0 aliphatic heterocycles. The van der Waals surface area contributed by atoms with E-state index >= 15 is 0 Å². The summed E-state index contributed by atoms with van der Waals surface area (Å²) in [5, 5.41) is 0. The molecule has 22 heavy (non-hydrogen) atoms. The van der Waals surface area contributed by atoms with Crippen LogP contribution in [0.2, 0.25) is 0 Å². The van der Waals surface area contributed by atoms with Gasteiger partial charge in [0.25, 0.3) is 0 Å². The highest BCUT2D eigenvalue weighted by atomic mass is 127. The highest BCUT2D eigenvalue weighted by Gasteiger charge is 2.31. The molecule has 0 bridgehead atoms. The van der Waals surface area contributed by atoms with E-state index in [9.17, 15) is 18.0 Å². The minimum absolute atomic E-state index is 0.361. The molecule has 0 aliphatic rings. The molecule has 0 heterocycles. The lowest BCUT2D eigenvalue weighted by molar-refractivity contribution is -0.137. The molecule has 116 valence electrons. The molecule has 2 rings (SSSR count). The van der Waals surface area contributed by atoms with Gasteiger partial charge in [0.2, 0.25) is 0 Å². The van der Waals surface area contributed by atoms with Crippen molar-refractivity contribution in [1.82, 2.24) is 0 Å². The summed E-state index contributed by atoms with van der Waals surface area (Å²) in [6.07, 6.45) is -4.39. The monoisotopic (exact) mass is 420 g/mol. The summed E-state index contributed by atoms with van der Waals surface area (Å²) in [6.45, 7) is 1.62. The Morgan fingerprint density at radius 3 is 2.36 bits per heavy atom. The number of hydrogen-bond donors (Lipinski definition) is 0. The van der Waals surface area contributed by atoms with E-state index in [1.807, 2.05) is 22.6 Å². The molecule has 0 saturated heterocycles. The fourth-order valence-corrected chi connectivity index (χ4v) is 2.92. The van der Waals surface area contributed by atoms with Gasteiger partial charge in [-0.1, -0.05) is 12.1 Å². The summed E-state index contributed by atoms with van der Waals surface area (Å²) in [7, 11) is 1.28. The second kappa shape index (κ2) is 6.28. The summed E-state index contributed by atoms with van der Waals surface area (Å²) in [5.74, 6) is -0.482. The number of carbonyl (C=O) groups is 1. The molecule has 6 heteroatoms. The molecule has 2 nitrogen and oxygen atoms in total. The van der Waals surface area contributed by atoms with E-state index in [0.717, 1.165) is 12.1 Å². The van der Waals surface area contributed by atoms with Crippen molar-refractivity contribution in [3.63, 3.8) is 0 Å². The molecule has 0 saturated carbocycles. The number of methoxy groups -OCH3 is 1. The van der Waals surface area contributed by atoms with Crippen LogP contribution < -0.4 is 0 Å². The van der Waals surface area contributed by atoms with E-state index in [1.165, 1.54) is 7.11 Å². The van der Waals surface area contributed by atoms with E-state index in [4.69, 9.17) is 0 Å². The molecule has 0 aliphatic carbocycles. The standard InChI is InChI=1S/C16H12F3IO2/c1-9-5-11(7-12(6-9)16(17,18)19)13-4-3-10(8-14(13)20)15(21)22-2/h3-8H,1-2H3. The Hall–Kier alpha value is -1.57. The first-order valence-corrected chi connectivity index (χ1v) is 7.37. The van der Waals surface area contributed by atoms with Crippen LogP contribution in [0, 0.1) is 10.5 Å². The summed E-state index contributed by atoms with van der Waals surface area (Å²) in [4.78, 5) is 11.5. The topological polar surface area (TPSA) is 26.3 Å². The highest BCUT2D eigenvalue weighted by molar-refractivity contribution is 14.1. The zero-order valence-electron chi connectivity index (χ0n) is 11.8. The number of alkyl halides is 3. The lowest BCUT2D eigenvalue weighted by atomic mass is 9.99. The normalized spacial score (nSPS) is 11.4. The Morgan fingerprint density at radius 1 is 1.14 bits per heavy atom. The van der Waals surface area contributed by atoms with Gasteiger partial charge in [-0.25, -0.2) is 4.79 Å². The zero-order valence-corrected chi connectivity index (χ0v) is 13.9. The number of aryl methyl sites for hydroxylation is 1. The number of halogens is 4. The van der Waals surface area contributed by atoms with Gasteiger partial charge in [0, 0.05) is 3.57 Å². The van der Waals surface area contributed by atoms with Crippen LogP contribution in [0.5, 0.6) is 0 Å². The third kappa shape index (κ3) is 3.60. The van der Waals surface area contributed by atoms with E-state index in [0.29, 0.717) is 25.8 Å². The van der Waals surface area contributed by atoms with E-state index in [1.54, 1.807) is 31.2 Å². The van der Waals surface area contributed by atoms with Crippen molar-refractivity contribution in [2.24, 2.45) is 0 Å². The predicted octanol–water partition coefficient (Wildman–Crippen LogP) is 5.07. The van der Waals surface area contributed by atoms with Crippen molar-refractivity contribution in [2.45, 2.75) is 13.1 Å². The number of rotatable bonds is 2. The maximum atomic E-state index is 12.9. The molecule has 0 fully saturated rings. The average Bonchev–Trinajstić information content (AvgIpc) is 2.44. The average molecular weight is 420 g/mol. The molecular formula is C16H12F3IO2. The minimum Gasteiger partial charge on any atom is -0.465 e. The Bertz CT molecular complexity index is 724. The molecule has 0 unspecified atom stereocenters. The Labute approximate surface area is 139 Å². The Morgan fingerprint density at radius 2 is 1.82 bits per heavy atom. The predicted molar refractivity (Wildman–Crippen MR) is 85.7 cm³/mol. The van der Waals surface area contributed by atoms with Gasteiger partial charge in [-0.2, -0.15) is 13.2 Å². The van der Waals surface area contributed by atoms with Crippen molar-refractivity contribution in [1.29, 1.82) is 0 Å². The maximum Gasteiger partial charge on any atom is 0.416 e. The molecule has 0 amide bonds. The van der Waals surface area contributed by atoms with Crippen LogP contribution in [0.15, 0.2) is 36.4 Å². The first-order valence-electron chi connectivity index (χ1n) is 6.29. The number of benzene rings is 2. The fourth-order valence-electron chi connectivity index (χ4n) is 2.10. The summed E-state index contributed by atoms with van der Waals surface area (Å²) < 4.78 is 44.1. The minimum atomic E-state index is -4.39. The van der Waals surface area contributed by atoms with Crippen LogP contribution in [-0.4, -0.2) is 13.1 Å². The van der Waals surface area contributed by atoms with Gasteiger partial charge >= 0.3 is 12.1 Å². The Kier molecular flexibility index (Phi) is 4.79. The third-order valence-electron chi connectivity index (χ3n) is 3.11. The highest BCUT2D eigenvalue weighted by Crippen LogP contribution is 2.34. The van der Waals surface area contributed by atoms with E-state index in [2.05, 4.69) is 4.74 Å². The Balaban J connectivity index is 2.53. The zero-order chi connectivity index (χ0) is 16.5.